The van der Waals surface area contributed by atoms with Gasteiger partial charge >= 0.3 is 6.09 Å². The van der Waals surface area contributed by atoms with Crippen LogP contribution in [0, 0.1) is 5.82 Å². The molecule has 1 aliphatic heterocycles. The highest BCUT2D eigenvalue weighted by atomic mass is 32.2. The van der Waals surface area contributed by atoms with E-state index in [2.05, 4.69) is 5.32 Å². The van der Waals surface area contributed by atoms with Crippen LogP contribution in [0.3, 0.4) is 0 Å². The van der Waals surface area contributed by atoms with Crippen LogP contribution < -0.4 is 10.2 Å². The van der Waals surface area contributed by atoms with Crippen molar-refractivity contribution in [1.82, 2.24) is 5.32 Å². The maximum atomic E-state index is 14.8. The Morgan fingerprint density at radius 2 is 2.03 bits per heavy atom. The van der Waals surface area contributed by atoms with E-state index in [9.17, 15) is 22.9 Å². The number of anilines is 1. The number of hydrogen-bond acceptors (Lipinski definition) is 4. The van der Waals surface area contributed by atoms with Crippen molar-refractivity contribution in [3.05, 3.63) is 53.8 Å². The maximum Gasteiger partial charge on any atom is 0.414 e. The van der Waals surface area contributed by atoms with Crippen LogP contribution in [-0.2, 0) is 26.5 Å². The molecular formula is C22H24F2N2O4S. The number of carbonyl (C=O) groups excluding carboxylic acids is 2. The standard InChI is InChI=1S/C22H24F2N2O4S/c1-15(27)25-12-19-13-26(22(28)30-19)18-7-8-20(21(24)11-18)17-5-3-16(4-6-17)14-31(29)10-2-9-23/h3-8,11,19H,2,9-10,12-14H2,1H3,(H,25,27). The van der Waals surface area contributed by atoms with Crippen LogP contribution in [-0.4, -0.2) is 48.2 Å². The fourth-order valence-electron chi connectivity index (χ4n) is 3.26. The van der Waals surface area contributed by atoms with Gasteiger partial charge in [-0.1, -0.05) is 24.3 Å². The molecule has 0 aromatic heterocycles. The molecule has 3 rings (SSSR count). The fourth-order valence-corrected chi connectivity index (χ4v) is 4.40. The molecule has 2 unspecified atom stereocenters. The summed E-state index contributed by atoms with van der Waals surface area (Å²) in [6.07, 6.45) is -0.810. The van der Waals surface area contributed by atoms with Gasteiger partial charge in [-0.25, -0.2) is 9.18 Å². The Morgan fingerprint density at radius 1 is 1.29 bits per heavy atom. The summed E-state index contributed by atoms with van der Waals surface area (Å²) in [5, 5.41) is 2.60. The zero-order chi connectivity index (χ0) is 22.4. The van der Waals surface area contributed by atoms with E-state index in [1.807, 2.05) is 0 Å². The van der Waals surface area contributed by atoms with Gasteiger partial charge < -0.3 is 14.6 Å². The lowest BCUT2D eigenvalue weighted by Crippen LogP contribution is -2.33. The fraction of sp³-hybridized carbons (Fsp3) is 0.364. The average molecular weight is 451 g/mol. The summed E-state index contributed by atoms with van der Waals surface area (Å²) in [6, 6.07) is 11.5. The quantitative estimate of drug-likeness (QED) is 0.593. The third kappa shape index (κ3) is 6.18. The topological polar surface area (TPSA) is 81.7 Å². The molecule has 0 saturated carbocycles. The molecule has 0 bridgehead atoms. The minimum Gasteiger partial charge on any atom is -0.616 e. The second-order valence-electron chi connectivity index (χ2n) is 7.25. The number of halogens is 2. The largest absolute Gasteiger partial charge is 0.616 e. The number of nitrogens with one attached hydrogen (secondary N) is 1. The summed E-state index contributed by atoms with van der Waals surface area (Å²) in [4.78, 5) is 24.5. The molecule has 0 aliphatic carbocycles. The van der Waals surface area contributed by atoms with E-state index in [-0.39, 0.29) is 25.4 Å². The van der Waals surface area contributed by atoms with Crippen molar-refractivity contribution in [2.24, 2.45) is 0 Å². The molecule has 1 fully saturated rings. The van der Waals surface area contributed by atoms with Crippen molar-refractivity contribution in [3.8, 4) is 11.1 Å². The molecule has 0 spiro atoms. The van der Waals surface area contributed by atoms with Gasteiger partial charge in [0.15, 0.2) is 0 Å². The highest BCUT2D eigenvalue weighted by Crippen LogP contribution is 2.29. The molecule has 9 heteroatoms. The molecule has 31 heavy (non-hydrogen) atoms. The Kier molecular flexibility index (Phi) is 7.86. The molecule has 1 N–H and O–H groups in total. The minimum atomic E-state index is -1.13. The average Bonchev–Trinajstić information content (AvgIpc) is 3.12. The molecule has 1 aliphatic rings. The van der Waals surface area contributed by atoms with Crippen molar-refractivity contribution in [2.75, 3.05) is 30.4 Å². The van der Waals surface area contributed by atoms with Crippen molar-refractivity contribution >= 4 is 28.9 Å². The van der Waals surface area contributed by atoms with E-state index in [1.165, 1.54) is 17.9 Å². The number of carbonyl (C=O) groups is 2. The summed E-state index contributed by atoms with van der Waals surface area (Å²) in [5.74, 6) is -0.0611. The second-order valence-corrected chi connectivity index (χ2v) is 8.82. The summed E-state index contributed by atoms with van der Waals surface area (Å²) in [7, 11) is 0. The summed E-state index contributed by atoms with van der Waals surface area (Å²) in [6.45, 7) is 1.31. The summed E-state index contributed by atoms with van der Waals surface area (Å²) >= 11 is -1.13. The first kappa shape index (κ1) is 23.0. The first-order valence-corrected chi connectivity index (χ1v) is 11.4. The van der Waals surface area contributed by atoms with E-state index < -0.39 is 35.9 Å². The first-order valence-electron chi connectivity index (χ1n) is 9.89. The second kappa shape index (κ2) is 10.6. The third-order valence-corrected chi connectivity index (χ3v) is 6.21. The van der Waals surface area contributed by atoms with Gasteiger partial charge in [0.1, 0.15) is 23.4 Å². The predicted molar refractivity (Wildman–Crippen MR) is 115 cm³/mol. The number of rotatable bonds is 9. The van der Waals surface area contributed by atoms with E-state index in [0.29, 0.717) is 28.3 Å². The third-order valence-electron chi connectivity index (χ3n) is 4.82. The number of nitrogens with zero attached hydrogens (tertiary/aromatic N) is 1. The zero-order valence-electron chi connectivity index (χ0n) is 17.1. The van der Waals surface area contributed by atoms with Gasteiger partial charge in [0.25, 0.3) is 0 Å². The Hall–Kier alpha value is -2.65. The molecular weight excluding hydrogens is 426 g/mol. The zero-order valence-corrected chi connectivity index (χ0v) is 17.9. The van der Waals surface area contributed by atoms with Crippen LogP contribution in [0.25, 0.3) is 11.1 Å². The van der Waals surface area contributed by atoms with E-state index in [0.717, 1.165) is 5.56 Å². The van der Waals surface area contributed by atoms with Crippen molar-refractivity contribution in [1.29, 1.82) is 0 Å². The van der Waals surface area contributed by atoms with Crippen LogP contribution in [0.4, 0.5) is 19.3 Å². The number of benzene rings is 2. The smallest absolute Gasteiger partial charge is 0.414 e. The van der Waals surface area contributed by atoms with Gasteiger partial charge in [-0.2, -0.15) is 0 Å². The lowest BCUT2D eigenvalue weighted by atomic mass is 10.0. The summed E-state index contributed by atoms with van der Waals surface area (Å²) < 4.78 is 44.1. The molecule has 1 heterocycles. The Morgan fingerprint density at radius 3 is 2.68 bits per heavy atom. The number of alkyl halides is 1. The van der Waals surface area contributed by atoms with Gasteiger partial charge in [0.05, 0.1) is 25.5 Å². The van der Waals surface area contributed by atoms with Gasteiger partial charge in [0, 0.05) is 24.5 Å². The molecule has 2 aromatic rings. The van der Waals surface area contributed by atoms with Crippen LogP contribution >= 0.6 is 0 Å². The SMILES string of the molecule is CC(=O)NCC1CN(c2ccc(-c3ccc(C[S+]([O-])CCCF)cc3)c(F)c2)C(=O)O1. The molecule has 1 saturated heterocycles. The van der Waals surface area contributed by atoms with Crippen LogP contribution in [0.1, 0.15) is 18.9 Å². The van der Waals surface area contributed by atoms with Crippen LogP contribution in [0.5, 0.6) is 0 Å². The van der Waals surface area contributed by atoms with Crippen LogP contribution in [0.2, 0.25) is 0 Å². The van der Waals surface area contributed by atoms with Gasteiger partial charge in [0.2, 0.25) is 5.91 Å². The van der Waals surface area contributed by atoms with Crippen molar-refractivity contribution < 1.29 is 27.7 Å². The molecule has 2 amide bonds. The van der Waals surface area contributed by atoms with Gasteiger partial charge in [-0.05, 0) is 34.9 Å². The summed E-state index contributed by atoms with van der Waals surface area (Å²) in [5.41, 5.74) is 2.23. The Bertz CT molecular complexity index is 926. The minimum absolute atomic E-state index is 0.197. The maximum absolute atomic E-state index is 14.8. The lowest BCUT2D eigenvalue weighted by molar-refractivity contribution is -0.119. The van der Waals surface area contributed by atoms with Crippen LogP contribution in [0.15, 0.2) is 42.5 Å². The highest BCUT2D eigenvalue weighted by Gasteiger charge is 2.32. The molecule has 2 aromatic carbocycles. The van der Waals surface area contributed by atoms with Gasteiger partial charge in [-0.15, -0.1) is 0 Å². The normalized spacial score (nSPS) is 16.8. The van der Waals surface area contributed by atoms with E-state index in [4.69, 9.17) is 4.74 Å². The van der Waals surface area contributed by atoms with E-state index in [1.54, 1.807) is 36.4 Å². The monoisotopic (exact) mass is 450 g/mol. The molecule has 166 valence electrons. The number of ether oxygens (including phenoxy) is 1. The van der Waals surface area contributed by atoms with Crippen molar-refractivity contribution in [3.63, 3.8) is 0 Å². The van der Waals surface area contributed by atoms with Gasteiger partial charge in [-0.3, -0.25) is 14.1 Å². The predicted octanol–water partition coefficient (Wildman–Crippen LogP) is 3.56. The number of cyclic esters (lactones) is 1. The highest BCUT2D eigenvalue weighted by molar-refractivity contribution is 7.90. The molecule has 2 atom stereocenters. The van der Waals surface area contributed by atoms with Crippen molar-refractivity contribution in [2.45, 2.75) is 25.2 Å². The molecule has 0 radical (unpaired) electrons. The Balaban J connectivity index is 1.67. The first-order chi connectivity index (χ1) is 14.9. The van der Waals surface area contributed by atoms with E-state index >= 15 is 0 Å². The number of amides is 2. The Labute approximate surface area is 182 Å². The lowest BCUT2D eigenvalue weighted by Gasteiger charge is -2.15. The number of hydrogen-bond donors (Lipinski definition) is 1. The molecule has 6 nitrogen and oxygen atoms in total.